The molecule has 0 aromatic heterocycles. The molecule has 1 atom stereocenters. The smallest absolute Gasteiger partial charge is 0.0409 e. The summed E-state index contributed by atoms with van der Waals surface area (Å²) in [6, 6.07) is 16.3. The normalized spacial score (nSPS) is 12.2. The minimum Gasteiger partial charge on any atom is -0.375 e. The molecule has 2 aromatic carbocycles. The third-order valence-corrected chi connectivity index (χ3v) is 3.76. The average molecular weight is 289 g/mol. The van der Waals surface area contributed by atoms with Crippen LogP contribution in [0, 0.1) is 6.92 Å². The van der Waals surface area contributed by atoms with Crippen LogP contribution in [-0.4, -0.2) is 13.6 Å². The van der Waals surface area contributed by atoms with Gasteiger partial charge in [0.1, 0.15) is 0 Å². The van der Waals surface area contributed by atoms with Gasteiger partial charge in [0.15, 0.2) is 0 Å². The minimum atomic E-state index is 0.0154. The zero-order chi connectivity index (χ0) is 14.5. The highest BCUT2D eigenvalue weighted by Gasteiger charge is 2.08. The molecule has 0 saturated heterocycles. The number of rotatable bonds is 5. The second kappa shape index (κ2) is 6.78. The Morgan fingerprint density at radius 2 is 1.85 bits per heavy atom. The Balaban J connectivity index is 1.93. The lowest BCUT2D eigenvalue weighted by Gasteiger charge is -2.22. The summed E-state index contributed by atoms with van der Waals surface area (Å²) < 4.78 is 0. The van der Waals surface area contributed by atoms with E-state index in [0.29, 0.717) is 0 Å². The molecule has 2 aromatic rings. The van der Waals surface area contributed by atoms with Crippen LogP contribution in [-0.2, 0) is 0 Å². The Morgan fingerprint density at radius 3 is 2.50 bits per heavy atom. The molecule has 0 amide bonds. The number of nitrogens with zero attached hydrogens (tertiary/aromatic N) is 1. The molecule has 0 radical (unpaired) electrons. The lowest BCUT2D eigenvalue weighted by atomic mass is 10.0. The van der Waals surface area contributed by atoms with E-state index in [0.717, 1.165) is 23.6 Å². The van der Waals surface area contributed by atoms with Crippen molar-refractivity contribution in [1.82, 2.24) is 0 Å². The van der Waals surface area contributed by atoms with Crippen molar-refractivity contribution in [3.63, 3.8) is 0 Å². The Labute approximate surface area is 126 Å². The van der Waals surface area contributed by atoms with Crippen molar-refractivity contribution in [3.8, 4) is 0 Å². The van der Waals surface area contributed by atoms with Crippen LogP contribution in [0.3, 0.4) is 0 Å². The van der Waals surface area contributed by atoms with Crippen molar-refractivity contribution < 1.29 is 0 Å². The topological polar surface area (TPSA) is 29.3 Å². The van der Waals surface area contributed by atoms with E-state index >= 15 is 0 Å². The van der Waals surface area contributed by atoms with Crippen molar-refractivity contribution in [2.45, 2.75) is 19.4 Å². The molecule has 2 rings (SSSR count). The maximum Gasteiger partial charge on any atom is 0.0409 e. The van der Waals surface area contributed by atoms with Gasteiger partial charge in [0.2, 0.25) is 0 Å². The van der Waals surface area contributed by atoms with Gasteiger partial charge >= 0.3 is 0 Å². The molecule has 2 nitrogen and oxygen atoms in total. The molecule has 0 aliphatic rings. The van der Waals surface area contributed by atoms with Crippen LogP contribution in [0.5, 0.6) is 0 Å². The number of nitrogens with two attached hydrogens (primary N) is 1. The van der Waals surface area contributed by atoms with E-state index in [1.54, 1.807) is 0 Å². The van der Waals surface area contributed by atoms with Crippen molar-refractivity contribution in [2.24, 2.45) is 5.73 Å². The van der Waals surface area contributed by atoms with E-state index in [1.807, 2.05) is 24.3 Å². The first-order valence-electron chi connectivity index (χ1n) is 6.85. The molecule has 1 unspecified atom stereocenters. The predicted molar refractivity (Wildman–Crippen MR) is 87.4 cm³/mol. The van der Waals surface area contributed by atoms with Gasteiger partial charge in [-0.15, -0.1) is 0 Å². The SMILES string of the molecule is Cc1ccc(N(C)CCC(N)c2cccc(Cl)c2)cc1. The van der Waals surface area contributed by atoms with Crippen molar-refractivity contribution in [3.05, 3.63) is 64.7 Å². The number of aryl methyl sites for hydroxylation is 1. The van der Waals surface area contributed by atoms with Crippen LogP contribution >= 0.6 is 11.6 Å². The Kier molecular flexibility index (Phi) is 5.05. The standard InChI is InChI=1S/C17H21ClN2/c1-13-6-8-16(9-7-13)20(2)11-10-17(19)14-4-3-5-15(18)12-14/h3-9,12,17H,10-11,19H2,1-2H3. The van der Waals surface area contributed by atoms with Gasteiger partial charge in [0, 0.05) is 30.3 Å². The van der Waals surface area contributed by atoms with E-state index in [4.69, 9.17) is 17.3 Å². The highest BCUT2D eigenvalue weighted by atomic mass is 35.5. The quantitative estimate of drug-likeness (QED) is 0.894. The van der Waals surface area contributed by atoms with E-state index < -0.39 is 0 Å². The maximum atomic E-state index is 6.23. The van der Waals surface area contributed by atoms with Gasteiger partial charge in [-0.25, -0.2) is 0 Å². The third-order valence-electron chi connectivity index (χ3n) is 3.53. The van der Waals surface area contributed by atoms with Gasteiger partial charge in [-0.2, -0.15) is 0 Å². The van der Waals surface area contributed by atoms with Gasteiger partial charge in [0.05, 0.1) is 0 Å². The van der Waals surface area contributed by atoms with Crippen LogP contribution in [0.15, 0.2) is 48.5 Å². The van der Waals surface area contributed by atoms with Crippen LogP contribution in [0.2, 0.25) is 5.02 Å². The zero-order valence-electron chi connectivity index (χ0n) is 12.0. The molecule has 2 N–H and O–H groups in total. The first-order valence-corrected chi connectivity index (χ1v) is 7.23. The fraction of sp³-hybridized carbons (Fsp3) is 0.294. The molecule has 0 heterocycles. The lowest BCUT2D eigenvalue weighted by molar-refractivity contribution is 0.645. The monoisotopic (exact) mass is 288 g/mol. The molecule has 20 heavy (non-hydrogen) atoms. The second-order valence-corrected chi connectivity index (χ2v) is 5.64. The maximum absolute atomic E-state index is 6.23. The summed E-state index contributed by atoms with van der Waals surface area (Å²) in [5.74, 6) is 0. The van der Waals surface area contributed by atoms with E-state index in [2.05, 4.69) is 43.1 Å². The number of anilines is 1. The Bertz CT molecular complexity index is 551. The Morgan fingerprint density at radius 1 is 1.15 bits per heavy atom. The number of hydrogen-bond donors (Lipinski definition) is 1. The number of hydrogen-bond acceptors (Lipinski definition) is 2. The highest BCUT2D eigenvalue weighted by Crippen LogP contribution is 2.20. The molecule has 106 valence electrons. The molecule has 0 aliphatic carbocycles. The fourth-order valence-electron chi connectivity index (χ4n) is 2.16. The Hall–Kier alpha value is -1.51. The summed E-state index contributed by atoms with van der Waals surface area (Å²) in [4.78, 5) is 2.23. The molecule has 0 aliphatic heterocycles. The zero-order valence-corrected chi connectivity index (χ0v) is 12.8. The summed E-state index contributed by atoms with van der Waals surface area (Å²) in [5, 5.41) is 0.741. The van der Waals surface area contributed by atoms with Crippen LogP contribution in [0.25, 0.3) is 0 Å². The molecule has 0 spiro atoms. The van der Waals surface area contributed by atoms with Crippen molar-refractivity contribution >= 4 is 17.3 Å². The summed E-state index contributed by atoms with van der Waals surface area (Å²) in [7, 11) is 2.09. The van der Waals surface area contributed by atoms with E-state index in [1.165, 1.54) is 11.3 Å². The van der Waals surface area contributed by atoms with Crippen LogP contribution < -0.4 is 10.6 Å². The van der Waals surface area contributed by atoms with Gasteiger partial charge in [-0.05, 0) is 43.2 Å². The summed E-state index contributed by atoms with van der Waals surface area (Å²) in [6.45, 7) is 3.01. The summed E-state index contributed by atoms with van der Waals surface area (Å²) >= 11 is 6.00. The molecule has 0 fully saturated rings. The number of halogens is 1. The molecular formula is C17H21ClN2. The first kappa shape index (κ1) is 14.9. The highest BCUT2D eigenvalue weighted by molar-refractivity contribution is 6.30. The van der Waals surface area contributed by atoms with Gasteiger partial charge in [-0.1, -0.05) is 41.4 Å². The largest absolute Gasteiger partial charge is 0.375 e. The van der Waals surface area contributed by atoms with Gasteiger partial charge in [-0.3, -0.25) is 0 Å². The van der Waals surface area contributed by atoms with E-state index in [-0.39, 0.29) is 6.04 Å². The summed E-state index contributed by atoms with van der Waals surface area (Å²) in [6.07, 6.45) is 0.894. The first-order chi connectivity index (χ1) is 9.56. The molecule has 0 bridgehead atoms. The summed E-state index contributed by atoms with van der Waals surface area (Å²) in [5.41, 5.74) is 9.81. The van der Waals surface area contributed by atoms with Crippen LogP contribution in [0.1, 0.15) is 23.6 Å². The molecular weight excluding hydrogens is 268 g/mol. The predicted octanol–water partition coefficient (Wildman–Crippen LogP) is 4.17. The van der Waals surface area contributed by atoms with Crippen molar-refractivity contribution in [1.29, 1.82) is 0 Å². The minimum absolute atomic E-state index is 0.0154. The average Bonchev–Trinajstić information content (AvgIpc) is 2.45. The lowest BCUT2D eigenvalue weighted by Crippen LogP contribution is -2.23. The van der Waals surface area contributed by atoms with Gasteiger partial charge < -0.3 is 10.6 Å². The molecule has 0 saturated carbocycles. The fourth-order valence-corrected chi connectivity index (χ4v) is 2.36. The second-order valence-electron chi connectivity index (χ2n) is 5.21. The molecule has 3 heteroatoms. The number of benzene rings is 2. The third kappa shape index (κ3) is 3.99. The van der Waals surface area contributed by atoms with Crippen LogP contribution in [0.4, 0.5) is 5.69 Å². The van der Waals surface area contributed by atoms with E-state index in [9.17, 15) is 0 Å². The van der Waals surface area contributed by atoms with Gasteiger partial charge in [0.25, 0.3) is 0 Å². The van der Waals surface area contributed by atoms with Crippen molar-refractivity contribution in [2.75, 3.05) is 18.5 Å².